The fourth-order valence-corrected chi connectivity index (χ4v) is 10.5. The molecule has 9 heteroatoms. The van der Waals surface area contributed by atoms with Gasteiger partial charge in [0.1, 0.15) is 13.2 Å². The molecule has 0 saturated heterocycles. The van der Waals surface area contributed by atoms with Gasteiger partial charge in [-0.15, -0.1) is 0 Å². The molecule has 0 spiro atoms. The molecule has 0 aromatic heterocycles. The van der Waals surface area contributed by atoms with E-state index in [0.717, 1.165) is 77.0 Å². The molecule has 2 atom stereocenters. The third-order valence-corrected chi connectivity index (χ3v) is 16.2. The number of hydrogen-bond acceptors (Lipinski definition) is 8. The lowest BCUT2D eigenvalue weighted by atomic mass is 10.0. The molecular weight excluding hydrogens is 1130 g/mol. The molecule has 0 bridgehead atoms. The zero-order valence-electron chi connectivity index (χ0n) is 59.7. The van der Waals surface area contributed by atoms with Crippen LogP contribution >= 0.6 is 0 Å². The molecular formula is C82H141NO8. The highest BCUT2D eigenvalue weighted by Gasteiger charge is 2.22. The maximum atomic E-state index is 12.9. The molecule has 0 aromatic rings. The molecule has 0 aromatic carbocycles. The number of nitrogens with zero attached hydrogens (tertiary/aromatic N) is 1. The van der Waals surface area contributed by atoms with Crippen LogP contribution in [0.4, 0.5) is 0 Å². The van der Waals surface area contributed by atoms with E-state index in [0.29, 0.717) is 23.9 Å². The normalized spacial score (nSPS) is 13.4. The third-order valence-electron chi connectivity index (χ3n) is 16.2. The van der Waals surface area contributed by atoms with Crippen molar-refractivity contribution in [2.75, 3.05) is 47.5 Å². The largest absolute Gasteiger partial charge is 0.545 e. The van der Waals surface area contributed by atoms with E-state index in [4.69, 9.17) is 18.9 Å². The smallest absolute Gasteiger partial charge is 0.306 e. The summed E-state index contributed by atoms with van der Waals surface area (Å²) in [5, 5.41) is 11.8. The number of carboxylic acids is 1. The molecule has 0 aliphatic carbocycles. The summed E-state index contributed by atoms with van der Waals surface area (Å²) in [5.41, 5.74) is 0. The summed E-state index contributed by atoms with van der Waals surface area (Å²) >= 11 is 0. The fraction of sp³-hybridized carbons (Fsp3) is 0.720. The monoisotopic (exact) mass is 1270 g/mol. The van der Waals surface area contributed by atoms with Gasteiger partial charge in [-0.2, -0.15) is 0 Å². The van der Waals surface area contributed by atoms with E-state index in [2.05, 4.69) is 135 Å². The van der Waals surface area contributed by atoms with Gasteiger partial charge in [-0.05, 0) is 103 Å². The van der Waals surface area contributed by atoms with Gasteiger partial charge in [-0.1, -0.05) is 328 Å². The average molecular weight is 1270 g/mol. The van der Waals surface area contributed by atoms with Crippen molar-refractivity contribution >= 4 is 17.9 Å². The minimum absolute atomic E-state index is 0.132. The van der Waals surface area contributed by atoms with Crippen LogP contribution in [0.2, 0.25) is 0 Å². The number of hydrogen-bond donors (Lipinski definition) is 0. The number of unbranched alkanes of at least 4 members (excludes halogenated alkanes) is 34. The van der Waals surface area contributed by atoms with E-state index >= 15 is 0 Å². The molecule has 0 aliphatic heterocycles. The van der Waals surface area contributed by atoms with Crippen LogP contribution in [0.15, 0.2) is 122 Å². The van der Waals surface area contributed by atoms with Crippen LogP contribution in [0.3, 0.4) is 0 Å². The van der Waals surface area contributed by atoms with Crippen LogP contribution in [0.25, 0.3) is 0 Å². The van der Waals surface area contributed by atoms with Crippen LogP contribution in [0, 0.1) is 0 Å². The first-order chi connectivity index (χ1) is 44.6. The van der Waals surface area contributed by atoms with Gasteiger partial charge in [0.15, 0.2) is 12.4 Å². The van der Waals surface area contributed by atoms with Gasteiger partial charge in [-0.25, -0.2) is 0 Å². The van der Waals surface area contributed by atoms with Crippen molar-refractivity contribution < 1.29 is 42.9 Å². The molecule has 0 saturated carbocycles. The zero-order chi connectivity index (χ0) is 66.1. The quantitative estimate of drug-likeness (QED) is 0.0195. The molecule has 2 unspecified atom stereocenters. The van der Waals surface area contributed by atoms with Crippen LogP contribution in [-0.4, -0.2) is 82.3 Å². The van der Waals surface area contributed by atoms with E-state index in [1.54, 1.807) is 0 Å². The number of carboxylic acid groups (broad SMARTS) is 1. The lowest BCUT2D eigenvalue weighted by molar-refractivity contribution is -0.870. The maximum Gasteiger partial charge on any atom is 0.306 e. The Morgan fingerprint density at radius 2 is 0.637 bits per heavy atom. The van der Waals surface area contributed by atoms with Crippen molar-refractivity contribution in [1.82, 2.24) is 0 Å². The van der Waals surface area contributed by atoms with Gasteiger partial charge < -0.3 is 33.3 Å². The minimum atomic E-state index is -1.64. The second-order valence-corrected chi connectivity index (χ2v) is 26.2. The summed E-state index contributed by atoms with van der Waals surface area (Å²) in [4.78, 5) is 37.5. The molecule has 0 fully saturated rings. The molecule has 0 amide bonds. The lowest BCUT2D eigenvalue weighted by Gasteiger charge is -2.26. The molecule has 0 heterocycles. The number of esters is 2. The molecule has 91 heavy (non-hydrogen) atoms. The maximum absolute atomic E-state index is 12.9. The average Bonchev–Trinajstić information content (AvgIpc) is 3.66. The second kappa shape index (κ2) is 71.5. The first-order valence-electron chi connectivity index (χ1n) is 37.7. The predicted molar refractivity (Wildman–Crippen MR) is 389 cm³/mol. The van der Waals surface area contributed by atoms with Gasteiger partial charge in [0.25, 0.3) is 0 Å². The van der Waals surface area contributed by atoms with Crippen molar-refractivity contribution in [2.24, 2.45) is 0 Å². The van der Waals surface area contributed by atoms with E-state index in [1.807, 2.05) is 21.1 Å². The molecule has 0 rings (SSSR count). The first-order valence-corrected chi connectivity index (χ1v) is 37.7. The van der Waals surface area contributed by atoms with E-state index < -0.39 is 24.3 Å². The Kier molecular flexibility index (Phi) is 68.1. The number of aliphatic carboxylic acids is 1. The number of quaternary nitrogens is 1. The van der Waals surface area contributed by atoms with E-state index in [9.17, 15) is 19.5 Å². The van der Waals surface area contributed by atoms with Crippen LogP contribution in [0.5, 0.6) is 0 Å². The summed E-state index contributed by atoms with van der Waals surface area (Å²) in [6, 6.07) is 0. The van der Waals surface area contributed by atoms with Gasteiger partial charge in [0, 0.05) is 12.8 Å². The Morgan fingerprint density at radius 3 is 0.978 bits per heavy atom. The Balaban J connectivity index is 4.12. The van der Waals surface area contributed by atoms with Crippen molar-refractivity contribution in [3.63, 3.8) is 0 Å². The van der Waals surface area contributed by atoms with Gasteiger partial charge in [0.05, 0.1) is 40.3 Å². The number of carbonyl (C=O) groups is 3. The highest BCUT2D eigenvalue weighted by atomic mass is 16.7. The first kappa shape index (κ1) is 86.7. The number of ether oxygens (including phenoxy) is 4. The second-order valence-electron chi connectivity index (χ2n) is 26.2. The van der Waals surface area contributed by atoms with Gasteiger partial charge in [0.2, 0.25) is 0 Å². The predicted octanol–water partition coefficient (Wildman–Crippen LogP) is 22.6. The van der Waals surface area contributed by atoms with Crippen molar-refractivity contribution in [3.8, 4) is 0 Å². The molecule has 9 nitrogen and oxygen atoms in total. The Morgan fingerprint density at radius 1 is 0.341 bits per heavy atom. The molecule has 0 N–H and O–H groups in total. The number of carbonyl (C=O) groups excluding carboxylic acids is 3. The van der Waals surface area contributed by atoms with E-state index in [1.165, 1.54) is 205 Å². The highest BCUT2D eigenvalue weighted by molar-refractivity contribution is 5.70. The SMILES string of the molecule is CC/C=C\C/C=C\C/C=C\C/C=C\C/C=C\C/C=C\C/C=C\C/C=C\C/C=C\CCCC(=O)OC(COC(=O)CCCCCCCCCCCCCCCCCCCCCCCCCCC/C=C\CCCCCCCCCC)COC(OCC[N+](C)(C)C)C(=O)[O-]. The zero-order valence-corrected chi connectivity index (χ0v) is 59.7. The van der Waals surface area contributed by atoms with Crippen molar-refractivity contribution in [3.05, 3.63) is 122 Å². The fourth-order valence-electron chi connectivity index (χ4n) is 10.5. The number of rotatable bonds is 69. The Bertz CT molecular complexity index is 1910. The van der Waals surface area contributed by atoms with Crippen LogP contribution < -0.4 is 5.11 Å². The third kappa shape index (κ3) is 73.0. The van der Waals surface area contributed by atoms with Crippen LogP contribution in [-0.2, 0) is 33.3 Å². The summed E-state index contributed by atoms with van der Waals surface area (Å²) in [5.74, 6) is -2.36. The van der Waals surface area contributed by atoms with Crippen molar-refractivity contribution in [1.29, 1.82) is 0 Å². The molecule has 0 radical (unpaired) electrons. The number of likely N-dealkylation sites (N-methyl/N-ethyl adjacent to an activating group) is 1. The summed E-state index contributed by atoms with van der Waals surface area (Å²) in [6.07, 6.45) is 99.0. The topological polar surface area (TPSA) is 111 Å². The Labute approximate surface area is 561 Å². The van der Waals surface area contributed by atoms with Crippen molar-refractivity contribution in [2.45, 2.75) is 334 Å². The van der Waals surface area contributed by atoms with E-state index in [-0.39, 0.29) is 38.6 Å². The number of allylic oxidation sites excluding steroid dienone is 20. The summed E-state index contributed by atoms with van der Waals surface area (Å²) in [7, 11) is 5.91. The van der Waals surface area contributed by atoms with Crippen LogP contribution in [0.1, 0.15) is 322 Å². The van der Waals surface area contributed by atoms with Gasteiger partial charge >= 0.3 is 11.9 Å². The summed E-state index contributed by atoms with van der Waals surface area (Å²) < 4.78 is 22.7. The highest BCUT2D eigenvalue weighted by Crippen LogP contribution is 2.18. The molecule has 0 aliphatic rings. The standard InChI is InChI=1S/C82H141NO8/c1-6-8-10-12-14-16-18-20-22-24-26-28-30-32-34-36-37-38-39-40-41-42-43-45-46-48-50-52-54-56-58-60-62-64-66-68-70-72-79(84)89-76-78(77-90-82(81(86)87)88-75-74-83(3,4)5)91-80(85)73-71-69-67-65-63-61-59-57-55-53-51-49-47-44-35-33-31-29-27-25-23-21-19-17-15-13-11-9-7-2/h9,11,15,17,21,23-24,26-27,29,33,35,47,49,53,55,59,61,65,67,78,82H,6-8,10,12-14,16,18-20,22,25,28,30-32,34,36-46,48,50-52,54,56-58,60,62-64,66,68-77H2,1-5H3/b11-9-,17-15-,23-21-,26-24-,29-27-,35-33-,49-47-,55-53-,61-59-,67-65-. The minimum Gasteiger partial charge on any atom is -0.545 e. The lowest BCUT2D eigenvalue weighted by Crippen LogP contribution is -2.44. The summed E-state index contributed by atoms with van der Waals surface area (Å²) in [6.45, 7) is 4.59. The Hall–Kier alpha value is -4.31. The molecule has 522 valence electrons. The van der Waals surface area contributed by atoms with Gasteiger partial charge in [-0.3, -0.25) is 9.59 Å².